The molecule has 0 radical (unpaired) electrons. The van der Waals surface area contributed by atoms with Crippen LogP contribution in [0.2, 0.25) is 0 Å². The van der Waals surface area contributed by atoms with Crippen molar-refractivity contribution in [2.24, 2.45) is 0 Å². The third-order valence-corrected chi connectivity index (χ3v) is 4.94. The zero-order valence-electron chi connectivity index (χ0n) is 8.66. The lowest BCUT2D eigenvalue weighted by Gasteiger charge is -2.10. The lowest BCUT2D eigenvalue weighted by Crippen LogP contribution is -2.00. The fourth-order valence-corrected chi connectivity index (χ4v) is 3.58. The predicted octanol–water partition coefficient (Wildman–Crippen LogP) is 4.69. The van der Waals surface area contributed by atoms with Crippen molar-refractivity contribution in [2.45, 2.75) is 12.5 Å². The Morgan fingerprint density at radius 2 is 2.00 bits per heavy atom. The van der Waals surface area contributed by atoms with E-state index in [0.29, 0.717) is 10.9 Å². The van der Waals surface area contributed by atoms with Crippen molar-refractivity contribution < 1.29 is 9.50 Å². The van der Waals surface area contributed by atoms with Gasteiger partial charge in [-0.1, -0.05) is 6.07 Å². The molecule has 0 fully saturated rings. The van der Waals surface area contributed by atoms with Crippen LogP contribution in [0, 0.1) is 5.82 Å². The van der Waals surface area contributed by atoms with Crippen LogP contribution in [0.25, 0.3) is 0 Å². The van der Waals surface area contributed by atoms with Crippen molar-refractivity contribution in [3.63, 3.8) is 0 Å². The Balaban J connectivity index is 2.16. The summed E-state index contributed by atoms with van der Waals surface area (Å²) in [5.41, 5.74) is 0.895. The molecule has 0 amide bonds. The van der Waals surface area contributed by atoms with Crippen LogP contribution in [0.1, 0.15) is 16.5 Å². The highest BCUT2D eigenvalue weighted by atomic mass is 79.9. The maximum Gasteiger partial charge on any atom is 0.137 e. The van der Waals surface area contributed by atoms with Crippen molar-refractivity contribution in [2.75, 3.05) is 0 Å². The van der Waals surface area contributed by atoms with E-state index in [1.807, 2.05) is 11.4 Å². The van der Waals surface area contributed by atoms with E-state index in [4.69, 9.17) is 0 Å². The lowest BCUT2D eigenvalue weighted by atomic mass is 10.1. The predicted molar refractivity (Wildman–Crippen MR) is 74.8 cm³/mol. The minimum absolute atomic E-state index is 0.291. The van der Waals surface area contributed by atoms with Gasteiger partial charge in [-0.25, -0.2) is 4.39 Å². The van der Waals surface area contributed by atoms with Crippen molar-refractivity contribution in [3.05, 3.63) is 54.8 Å². The summed E-state index contributed by atoms with van der Waals surface area (Å²) in [6.07, 6.45) is -0.0976. The van der Waals surface area contributed by atoms with E-state index < -0.39 is 6.10 Å². The summed E-state index contributed by atoms with van der Waals surface area (Å²) in [5, 5.41) is 12.0. The van der Waals surface area contributed by atoms with Gasteiger partial charge >= 0.3 is 0 Å². The average molecular weight is 380 g/mol. The maximum atomic E-state index is 13.1. The number of thiophene rings is 1. The fraction of sp³-hybridized carbons (Fsp3) is 0.167. The summed E-state index contributed by atoms with van der Waals surface area (Å²) < 4.78 is 14.4. The van der Waals surface area contributed by atoms with Crippen LogP contribution in [0.5, 0.6) is 0 Å². The standard InChI is InChI=1S/C12H9Br2FOS/c13-8-3-4-17-12(8)11(16)6-7-1-2-10(15)9(14)5-7/h1-5,11,16H,6H2. The monoisotopic (exact) mass is 378 g/mol. The molecule has 1 N–H and O–H groups in total. The summed E-state index contributed by atoms with van der Waals surface area (Å²) in [6, 6.07) is 6.68. The molecule has 0 saturated carbocycles. The number of hydrogen-bond acceptors (Lipinski definition) is 2. The first-order valence-electron chi connectivity index (χ1n) is 4.93. The minimum atomic E-state index is -0.568. The molecule has 1 aromatic heterocycles. The molecule has 0 spiro atoms. The molecule has 90 valence electrons. The molecule has 0 bridgehead atoms. The molecular weight excluding hydrogens is 371 g/mol. The van der Waals surface area contributed by atoms with E-state index in [-0.39, 0.29) is 5.82 Å². The van der Waals surface area contributed by atoms with Crippen molar-refractivity contribution >= 4 is 43.2 Å². The topological polar surface area (TPSA) is 20.2 Å². The highest BCUT2D eigenvalue weighted by Crippen LogP contribution is 2.31. The zero-order valence-corrected chi connectivity index (χ0v) is 12.6. The maximum absolute atomic E-state index is 13.1. The number of hydrogen-bond donors (Lipinski definition) is 1. The number of benzene rings is 1. The van der Waals surface area contributed by atoms with E-state index in [1.165, 1.54) is 17.4 Å². The van der Waals surface area contributed by atoms with Crippen LogP contribution < -0.4 is 0 Å². The zero-order chi connectivity index (χ0) is 12.4. The minimum Gasteiger partial charge on any atom is -0.387 e. The first-order valence-corrected chi connectivity index (χ1v) is 7.39. The van der Waals surface area contributed by atoms with E-state index >= 15 is 0 Å². The van der Waals surface area contributed by atoms with Gasteiger partial charge in [0.05, 0.1) is 10.6 Å². The number of rotatable bonds is 3. The highest BCUT2D eigenvalue weighted by Gasteiger charge is 2.14. The molecule has 0 saturated heterocycles. The Morgan fingerprint density at radius 1 is 1.24 bits per heavy atom. The summed E-state index contributed by atoms with van der Waals surface area (Å²) in [4.78, 5) is 0.894. The van der Waals surface area contributed by atoms with E-state index in [0.717, 1.165) is 14.9 Å². The molecule has 2 rings (SSSR count). The lowest BCUT2D eigenvalue weighted by molar-refractivity contribution is 0.181. The SMILES string of the molecule is OC(Cc1ccc(F)c(Br)c1)c1sccc1Br. The van der Waals surface area contributed by atoms with Gasteiger partial charge in [0.15, 0.2) is 0 Å². The third kappa shape index (κ3) is 3.16. The van der Waals surface area contributed by atoms with Gasteiger partial charge in [0.25, 0.3) is 0 Å². The molecule has 2 aromatic rings. The largest absolute Gasteiger partial charge is 0.387 e. The van der Waals surface area contributed by atoms with Crippen LogP contribution in [0.4, 0.5) is 4.39 Å². The third-order valence-electron chi connectivity index (χ3n) is 2.36. The molecule has 5 heteroatoms. The van der Waals surface area contributed by atoms with Crippen LogP contribution in [-0.4, -0.2) is 5.11 Å². The first-order chi connectivity index (χ1) is 8.08. The molecule has 1 nitrogen and oxygen atoms in total. The Morgan fingerprint density at radius 3 is 2.59 bits per heavy atom. The van der Waals surface area contributed by atoms with E-state index in [2.05, 4.69) is 31.9 Å². The van der Waals surface area contributed by atoms with Crippen LogP contribution in [0.15, 0.2) is 38.6 Å². The highest BCUT2D eigenvalue weighted by molar-refractivity contribution is 9.10. The normalized spacial score (nSPS) is 12.7. The average Bonchev–Trinajstić information content (AvgIpc) is 2.70. The van der Waals surface area contributed by atoms with Gasteiger partial charge in [-0.15, -0.1) is 11.3 Å². The smallest absolute Gasteiger partial charge is 0.137 e. The first kappa shape index (κ1) is 13.2. The number of aliphatic hydroxyl groups excluding tert-OH is 1. The summed E-state index contributed by atoms with van der Waals surface area (Å²) >= 11 is 8.02. The summed E-state index contributed by atoms with van der Waals surface area (Å²) in [7, 11) is 0. The van der Waals surface area contributed by atoms with Gasteiger partial charge in [0, 0.05) is 15.8 Å². The summed E-state index contributed by atoms with van der Waals surface area (Å²) in [6.45, 7) is 0. The summed E-state index contributed by atoms with van der Waals surface area (Å²) in [5.74, 6) is -0.291. The van der Waals surface area contributed by atoms with Crippen LogP contribution in [-0.2, 0) is 6.42 Å². The Kier molecular flexibility index (Phi) is 4.36. The quantitative estimate of drug-likeness (QED) is 0.820. The Labute approximate surface area is 120 Å². The Bertz CT molecular complexity index is 527. The van der Waals surface area contributed by atoms with Gasteiger partial charge in [-0.3, -0.25) is 0 Å². The van der Waals surface area contributed by atoms with Crippen molar-refractivity contribution in [1.82, 2.24) is 0 Å². The van der Waals surface area contributed by atoms with Crippen molar-refractivity contribution in [3.8, 4) is 0 Å². The van der Waals surface area contributed by atoms with E-state index in [1.54, 1.807) is 12.1 Å². The van der Waals surface area contributed by atoms with Gasteiger partial charge < -0.3 is 5.11 Å². The molecule has 17 heavy (non-hydrogen) atoms. The second-order valence-corrected chi connectivity index (χ2v) is 6.26. The van der Waals surface area contributed by atoms with Gasteiger partial charge in [0.2, 0.25) is 0 Å². The molecular formula is C12H9Br2FOS. The van der Waals surface area contributed by atoms with Gasteiger partial charge in [0.1, 0.15) is 5.82 Å². The molecule has 0 aliphatic carbocycles. The fourth-order valence-electron chi connectivity index (χ4n) is 1.53. The molecule has 0 aliphatic rings. The number of aliphatic hydroxyl groups is 1. The van der Waals surface area contributed by atoms with Gasteiger partial charge in [-0.05, 0) is 61.0 Å². The Hall–Kier alpha value is -0.230. The molecule has 1 atom stereocenters. The van der Waals surface area contributed by atoms with Crippen molar-refractivity contribution in [1.29, 1.82) is 0 Å². The number of halogens is 3. The second-order valence-electron chi connectivity index (χ2n) is 3.60. The van der Waals surface area contributed by atoms with Gasteiger partial charge in [-0.2, -0.15) is 0 Å². The molecule has 1 heterocycles. The second kappa shape index (κ2) is 5.61. The molecule has 1 aromatic carbocycles. The van der Waals surface area contributed by atoms with Crippen LogP contribution in [0.3, 0.4) is 0 Å². The molecule has 0 aliphatic heterocycles. The molecule has 1 unspecified atom stereocenters. The van der Waals surface area contributed by atoms with E-state index in [9.17, 15) is 9.50 Å². The van der Waals surface area contributed by atoms with Crippen LogP contribution >= 0.6 is 43.2 Å².